The molecular weight excluding hydrogens is 262 g/mol. The smallest absolute Gasteiger partial charge is 0.163 e. The maximum absolute atomic E-state index is 4.66. The van der Waals surface area contributed by atoms with Crippen molar-refractivity contribution in [2.24, 2.45) is 0 Å². The SMILES string of the molecule is CCNc1nc(-c2ccsc2)nc2sc(C)cc12. The van der Waals surface area contributed by atoms with E-state index in [1.807, 2.05) is 0 Å². The Labute approximate surface area is 114 Å². The Kier molecular flexibility index (Phi) is 3.01. The maximum Gasteiger partial charge on any atom is 0.163 e. The molecule has 3 nitrogen and oxygen atoms in total. The van der Waals surface area contributed by atoms with E-state index in [9.17, 15) is 0 Å². The van der Waals surface area contributed by atoms with E-state index in [-0.39, 0.29) is 0 Å². The Morgan fingerprint density at radius 3 is 2.94 bits per heavy atom. The van der Waals surface area contributed by atoms with Gasteiger partial charge < -0.3 is 5.32 Å². The van der Waals surface area contributed by atoms with Gasteiger partial charge in [-0.25, -0.2) is 9.97 Å². The van der Waals surface area contributed by atoms with Crippen molar-refractivity contribution in [3.8, 4) is 11.4 Å². The maximum atomic E-state index is 4.66. The summed E-state index contributed by atoms with van der Waals surface area (Å²) in [6.45, 7) is 5.05. The van der Waals surface area contributed by atoms with Gasteiger partial charge in [-0.2, -0.15) is 11.3 Å². The summed E-state index contributed by atoms with van der Waals surface area (Å²) in [5, 5.41) is 8.58. The third-order valence-electron chi connectivity index (χ3n) is 2.64. The van der Waals surface area contributed by atoms with Crippen molar-refractivity contribution in [3.63, 3.8) is 0 Å². The molecule has 0 spiro atoms. The lowest BCUT2D eigenvalue weighted by atomic mass is 10.3. The van der Waals surface area contributed by atoms with Crippen molar-refractivity contribution in [3.05, 3.63) is 27.8 Å². The molecular formula is C13H13N3S2. The molecule has 0 saturated heterocycles. The van der Waals surface area contributed by atoms with Gasteiger partial charge in [0, 0.05) is 22.4 Å². The second-order valence-corrected chi connectivity index (χ2v) is 6.03. The standard InChI is InChI=1S/C13H13N3S2/c1-3-14-12-10-6-8(2)18-13(10)16-11(15-12)9-4-5-17-7-9/h4-7H,3H2,1-2H3,(H,14,15,16). The van der Waals surface area contributed by atoms with Crippen molar-refractivity contribution < 1.29 is 0 Å². The lowest BCUT2D eigenvalue weighted by Gasteiger charge is -2.05. The van der Waals surface area contributed by atoms with Gasteiger partial charge in [-0.15, -0.1) is 11.3 Å². The Balaban J connectivity index is 2.22. The zero-order chi connectivity index (χ0) is 12.5. The molecule has 0 aliphatic rings. The van der Waals surface area contributed by atoms with E-state index in [1.165, 1.54) is 4.88 Å². The molecule has 3 aromatic heterocycles. The predicted molar refractivity (Wildman–Crippen MR) is 79.6 cm³/mol. The van der Waals surface area contributed by atoms with Gasteiger partial charge in [0.1, 0.15) is 10.6 Å². The molecule has 3 rings (SSSR count). The van der Waals surface area contributed by atoms with Crippen molar-refractivity contribution in [1.29, 1.82) is 0 Å². The molecule has 0 aromatic carbocycles. The predicted octanol–water partition coefficient (Wildman–Crippen LogP) is 4.16. The number of aryl methyl sites for hydroxylation is 1. The van der Waals surface area contributed by atoms with Crippen LogP contribution in [0.4, 0.5) is 5.82 Å². The van der Waals surface area contributed by atoms with E-state index in [1.54, 1.807) is 22.7 Å². The highest BCUT2D eigenvalue weighted by Gasteiger charge is 2.11. The van der Waals surface area contributed by atoms with E-state index in [4.69, 9.17) is 0 Å². The largest absolute Gasteiger partial charge is 0.370 e. The number of fused-ring (bicyclic) bond motifs is 1. The first-order valence-corrected chi connectivity index (χ1v) is 7.58. The van der Waals surface area contributed by atoms with Crippen molar-refractivity contribution in [2.45, 2.75) is 13.8 Å². The van der Waals surface area contributed by atoms with Gasteiger partial charge in [-0.05, 0) is 31.4 Å². The second-order valence-electron chi connectivity index (χ2n) is 4.01. The van der Waals surface area contributed by atoms with Crippen molar-refractivity contribution in [1.82, 2.24) is 9.97 Å². The fraction of sp³-hybridized carbons (Fsp3) is 0.231. The molecule has 0 radical (unpaired) electrons. The molecule has 0 amide bonds. The number of anilines is 1. The highest BCUT2D eigenvalue weighted by atomic mass is 32.1. The first kappa shape index (κ1) is 11.6. The van der Waals surface area contributed by atoms with E-state index >= 15 is 0 Å². The average molecular weight is 275 g/mol. The van der Waals surface area contributed by atoms with Gasteiger partial charge in [0.05, 0.1) is 5.39 Å². The van der Waals surface area contributed by atoms with Crippen LogP contribution in [0.15, 0.2) is 22.9 Å². The molecule has 5 heteroatoms. The first-order chi connectivity index (χ1) is 8.78. The Morgan fingerprint density at radius 1 is 1.33 bits per heavy atom. The molecule has 0 bridgehead atoms. The molecule has 0 atom stereocenters. The van der Waals surface area contributed by atoms with E-state index < -0.39 is 0 Å². The van der Waals surface area contributed by atoms with Gasteiger partial charge >= 0.3 is 0 Å². The number of nitrogens with zero attached hydrogens (tertiary/aromatic N) is 2. The van der Waals surface area contributed by atoms with Crippen LogP contribution < -0.4 is 5.32 Å². The molecule has 3 heterocycles. The Hall–Kier alpha value is -1.46. The Bertz CT molecular complexity index is 671. The quantitative estimate of drug-likeness (QED) is 0.780. The molecule has 0 unspecified atom stereocenters. The number of hydrogen-bond donors (Lipinski definition) is 1. The minimum absolute atomic E-state index is 0.807. The summed E-state index contributed by atoms with van der Waals surface area (Å²) in [5.74, 6) is 1.75. The number of thiophene rings is 2. The topological polar surface area (TPSA) is 37.8 Å². The molecule has 3 aromatic rings. The number of aromatic nitrogens is 2. The lowest BCUT2D eigenvalue weighted by Crippen LogP contribution is -2.01. The number of hydrogen-bond acceptors (Lipinski definition) is 5. The summed E-state index contributed by atoms with van der Waals surface area (Å²) >= 11 is 3.38. The van der Waals surface area contributed by atoms with Crippen LogP contribution in [-0.4, -0.2) is 16.5 Å². The van der Waals surface area contributed by atoms with Gasteiger partial charge in [-0.3, -0.25) is 0 Å². The lowest BCUT2D eigenvalue weighted by molar-refractivity contribution is 1.15. The number of rotatable bonds is 3. The monoisotopic (exact) mass is 275 g/mol. The zero-order valence-corrected chi connectivity index (χ0v) is 11.9. The number of nitrogens with one attached hydrogen (secondary N) is 1. The van der Waals surface area contributed by atoms with Gasteiger partial charge in [0.25, 0.3) is 0 Å². The van der Waals surface area contributed by atoms with Crippen LogP contribution in [0, 0.1) is 6.92 Å². The minimum Gasteiger partial charge on any atom is -0.370 e. The molecule has 18 heavy (non-hydrogen) atoms. The normalized spacial score (nSPS) is 11.0. The van der Waals surface area contributed by atoms with Crippen LogP contribution in [0.5, 0.6) is 0 Å². The van der Waals surface area contributed by atoms with Crippen LogP contribution >= 0.6 is 22.7 Å². The summed E-state index contributed by atoms with van der Waals surface area (Å²) in [6, 6.07) is 4.21. The van der Waals surface area contributed by atoms with E-state index in [2.05, 4.69) is 52.0 Å². The minimum atomic E-state index is 0.807. The van der Waals surface area contributed by atoms with Crippen LogP contribution in [0.3, 0.4) is 0 Å². The van der Waals surface area contributed by atoms with Gasteiger partial charge in [-0.1, -0.05) is 0 Å². The second kappa shape index (κ2) is 4.66. The fourth-order valence-electron chi connectivity index (χ4n) is 1.86. The van der Waals surface area contributed by atoms with Crippen LogP contribution in [0.2, 0.25) is 0 Å². The molecule has 92 valence electrons. The zero-order valence-electron chi connectivity index (χ0n) is 10.2. The average Bonchev–Trinajstić information content (AvgIpc) is 2.96. The summed E-state index contributed by atoms with van der Waals surface area (Å²) in [7, 11) is 0. The van der Waals surface area contributed by atoms with Crippen LogP contribution in [0.25, 0.3) is 21.6 Å². The van der Waals surface area contributed by atoms with Crippen LogP contribution in [-0.2, 0) is 0 Å². The van der Waals surface area contributed by atoms with Crippen molar-refractivity contribution >= 4 is 38.7 Å². The fourth-order valence-corrected chi connectivity index (χ4v) is 3.38. The highest BCUT2D eigenvalue weighted by Crippen LogP contribution is 2.31. The molecule has 0 aliphatic heterocycles. The summed E-state index contributed by atoms with van der Waals surface area (Å²) < 4.78 is 0. The van der Waals surface area contributed by atoms with Gasteiger partial charge in [0.15, 0.2) is 5.82 Å². The molecule has 0 aliphatic carbocycles. The Morgan fingerprint density at radius 2 is 2.22 bits per heavy atom. The third kappa shape index (κ3) is 2.00. The first-order valence-electron chi connectivity index (χ1n) is 5.82. The third-order valence-corrected chi connectivity index (χ3v) is 4.27. The summed E-state index contributed by atoms with van der Waals surface area (Å²) in [5.41, 5.74) is 1.09. The molecule has 0 fully saturated rings. The molecule has 1 N–H and O–H groups in total. The van der Waals surface area contributed by atoms with Gasteiger partial charge in [0.2, 0.25) is 0 Å². The van der Waals surface area contributed by atoms with Crippen LogP contribution in [0.1, 0.15) is 11.8 Å². The summed E-state index contributed by atoms with van der Waals surface area (Å²) in [4.78, 5) is 11.6. The van der Waals surface area contributed by atoms with E-state index in [0.29, 0.717) is 0 Å². The summed E-state index contributed by atoms with van der Waals surface area (Å²) in [6.07, 6.45) is 0. The molecule has 0 saturated carbocycles. The highest BCUT2D eigenvalue weighted by molar-refractivity contribution is 7.18. The van der Waals surface area contributed by atoms with E-state index in [0.717, 1.165) is 34.0 Å². The van der Waals surface area contributed by atoms with Crippen molar-refractivity contribution in [2.75, 3.05) is 11.9 Å².